The second kappa shape index (κ2) is 11.4. The molecule has 0 fully saturated rings. The Morgan fingerprint density at radius 3 is 1.52 bits per heavy atom. The largest absolute Gasteiger partial charge is 0.504 e. The highest BCUT2D eigenvalue weighted by atomic mass is 32.3. The number of aryl methyl sites for hydroxylation is 2. The average Bonchev–Trinajstić information content (AvgIpc) is 2.76. The van der Waals surface area contributed by atoms with Crippen molar-refractivity contribution in [2.24, 2.45) is 0 Å². The molecule has 0 saturated carbocycles. The number of ether oxygens (including phenoxy) is 2. The highest BCUT2D eigenvalue weighted by Gasteiger charge is 2.46. The first-order valence-corrected chi connectivity index (χ1v) is 13.7. The minimum atomic E-state index is -4.77. The molecule has 0 amide bonds. The van der Waals surface area contributed by atoms with Gasteiger partial charge in [-0.25, -0.2) is 16.8 Å². The highest BCUT2D eigenvalue weighted by Crippen LogP contribution is 2.32. The number of nitrogens with zero attached hydrogens (tertiary/aromatic N) is 2. The van der Waals surface area contributed by atoms with Crippen molar-refractivity contribution < 1.29 is 31.1 Å². The summed E-state index contributed by atoms with van der Waals surface area (Å²) in [5.74, 6) is -0.0110. The van der Waals surface area contributed by atoms with Gasteiger partial charge in [0.25, 0.3) is 19.7 Å². The summed E-state index contributed by atoms with van der Waals surface area (Å²) in [6.45, 7) is 7.77. The van der Waals surface area contributed by atoms with Gasteiger partial charge in [0, 0.05) is 0 Å². The molecule has 0 bridgehead atoms. The van der Waals surface area contributed by atoms with Gasteiger partial charge in [-0.1, -0.05) is 38.8 Å². The molecule has 2 aromatic carbocycles. The first kappa shape index (κ1) is 26.6. The number of rotatable bonds is 10. The summed E-state index contributed by atoms with van der Waals surface area (Å²) < 4.78 is 63.6. The van der Waals surface area contributed by atoms with Crippen LogP contribution in [0.5, 0.6) is 11.5 Å². The van der Waals surface area contributed by atoms with Crippen molar-refractivity contribution in [2.45, 2.75) is 63.2 Å². The highest BCUT2D eigenvalue weighted by molar-refractivity contribution is 8.31. The van der Waals surface area contributed by atoms with Gasteiger partial charge in [-0.3, -0.25) is 0 Å². The smallest absolute Gasteiger partial charge is 0.492 e. The summed E-state index contributed by atoms with van der Waals surface area (Å²) >= 11 is 0. The lowest BCUT2D eigenvalue weighted by atomic mass is 10.2. The van der Waals surface area contributed by atoms with Gasteiger partial charge in [-0.2, -0.15) is 0 Å². The minimum absolute atomic E-state index is 0.00550. The normalized spacial score (nSPS) is 11.6. The molecule has 0 unspecified atom stereocenters. The Morgan fingerprint density at radius 2 is 1.18 bits per heavy atom. The summed E-state index contributed by atoms with van der Waals surface area (Å²) in [7, 11) is -9.54. The topological polar surface area (TPSA) is 123 Å². The van der Waals surface area contributed by atoms with E-state index in [1.165, 1.54) is 24.3 Å². The fourth-order valence-electron chi connectivity index (χ4n) is 2.98. The van der Waals surface area contributed by atoms with E-state index in [2.05, 4.69) is 4.79 Å². The maximum atomic E-state index is 13.5. The number of hydrogen-bond donors (Lipinski definition) is 0. The van der Waals surface area contributed by atoms with E-state index in [1.807, 2.05) is 13.8 Å². The van der Waals surface area contributed by atoms with E-state index in [4.69, 9.17) is 9.47 Å². The Kier molecular flexibility index (Phi) is 9.22. The Morgan fingerprint density at radius 1 is 0.788 bits per heavy atom. The Bertz CT molecular complexity index is 1160. The zero-order valence-electron chi connectivity index (χ0n) is 19.4. The average molecular weight is 495 g/mol. The molecule has 0 aromatic heterocycles. The lowest BCUT2D eigenvalue weighted by Gasteiger charge is -2.13. The van der Waals surface area contributed by atoms with Crippen LogP contribution in [0.4, 0.5) is 0 Å². The number of sulfone groups is 2. The quantitative estimate of drug-likeness (QED) is 0.158. The number of benzene rings is 2. The molecule has 10 heteroatoms. The van der Waals surface area contributed by atoms with Crippen molar-refractivity contribution in [2.75, 3.05) is 13.2 Å². The van der Waals surface area contributed by atoms with Crippen LogP contribution < -0.4 is 9.47 Å². The van der Waals surface area contributed by atoms with E-state index in [1.54, 1.807) is 26.0 Å². The molecule has 0 heterocycles. The van der Waals surface area contributed by atoms with Crippen molar-refractivity contribution in [1.29, 1.82) is 0 Å². The molecular weight excluding hydrogens is 464 g/mol. The third kappa shape index (κ3) is 6.22. The van der Waals surface area contributed by atoms with Crippen LogP contribution in [-0.2, 0) is 19.7 Å². The van der Waals surface area contributed by atoms with Gasteiger partial charge in [0.1, 0.15) is 21.3 Å². The summed E-state index contributed by atoms with van der Waals surface area (Å²) in [4.78, 5) is 1.99. The molecule has 0 spiro atoms. The molecule has 0 aliphatic rings. The van der Waals surface area contributed by atoms with Crippen LogP contribution in [0.25, 0.3) is 5.53 Å². The molecule has 33 heavy (non-hydrogen) atoms. The first-order valence-electron chi connectivity index (χ1n) is 10.8. The van der Waals surface area contributed by atoms with Crippen molar-refractivity contribution in [3.63, 3.8) is 0 Å². The fourth-order valence-corrected chi connectivity index (χ4v) is 6.73. The van der Waals surface area contributed by atoms with E-state index in [-0.39, 0.29) is 34.5 Å². The van der Waals surface area contributed by atoms with E-state index in [0.717, 1.165) is 12.8 Å². The number of hydrogen-bond acceptors (Lipinski definition) is 6. The van der Waals surface area contributed by atoms with Gasteiger partial charge >= 0.3 is 4.38 Å². The summed E-state index contributed by atoms with van der Waals surface area (Å²) in [6.07, 6.45) is 3.04. The van der Waals surface area contributed by atoms with Crippen LogP contribution in [-0.4, -0.2) is 39.2 Å². The van der Waals surface area contributed by atoms with E-state index >= 15 is 0 Å². The molecule has 0 radical (unpaired) electrons. The second-order valence-electron chi connectivity index (χ2n) is 7.68. The van der Waals surface area contributed by atoms with Crippen LogP contribution in [0.2, 0.25) is 0 Å². The van der Waals surface area contributed by atoms with Crippen LogP contribution >= 0.6 is 0 Å². The molecule has 2 aromatic rings. The molecule has 0 aliphatic carbocycles. The SMILES string of the molecule is CCCCOc1ccc(C)cc1S(=O)(=O)C(=[N+]=[N-])S(=O)(=O)c1cc(C)ccc1OCCCC. The molecule has 2 rings (SSSR count). The molecule has 0 N–H and O–H groups in total. The Balaban J connectivity index is 2.62. The third-order valence-electron chi connectivity index (χ3n) is 4.83. The van der Waals surface area contributed by atoms with Crippen LogP contribution in [0.15, 0.2) is 46.2 Å². The van der Waals surface area contributed by atoms with Crippen LogP contribution in [0, 0.1) is 13.8 Å². The molecule has 180 valence electrons. The van der Waals surface area contributed by atoms with Gasteiger partial charge in [0.05, 0.1) is 13.2 Å². The van der Waals surface area contributed by atoms with E-state index < -0.39 is 24.1 Å². The first-order chi connectivity index (χ1) is 15.6. The van der Waals surface area contributed by atoms with E-state index in [0.29, 0.717) is 24.0 Å². The minimum Gasteiger partial charge on any atom is -0.492 e. The lowest BCUT2D eigenvalue weighted by molar-refractivity contribution is 0.00377. The molecule has 0 atom stereocenters. The Labute approximate surface area is 196 Å². The van der Waals surface area contributed by atoms with Gasteiger partial charge in [-0.05, 0) is 62.1 Å². The van der Waals surface area contributed by atoms with Crippen LogP contribution in [0.3, 0.4) is 0 Å². The van der Waals surface area contributed by atoms with Crippen LogP contribution in [0.1, 0.15) is 50.7 Å². The van der Waals surface area contributed by atoms with E-state index in [9.17, 15) is 22.4 Å². The summed E-state index contributed by atoms with van der Waals surface area (Å²) in [6, 6.07) is 8.84. The van der Waals surface area contributed by atoms with Crippen molar-refractivity contribution in [1.82, 2.24) is 0 Å². The predicted molar refractivity (Wildman–Crippen MR) is 126 cm³/mol. The summed E-state index contributed by atoms with van der Waals surface area (Å²) in [5.41, 5.74) is 10.8. The second-order valence-corrected chi connectivity index (χ2v) is 11.6. The van der Waals surface area contributed by atoms with Gasteiger partial charge in [0.15, 0.2) is 0 Å². The lowest BCUT2D eigenvalue weighted by Crippen LogP contribution is -2.27. The van der Waals surface area contributed by atoms with Gasteiger partial charge < -0.3 is 15.0 Å². The Hall–Kier alpha value is -2.68. The third-order valence-corrected chi connectivity index (χ3v) is 9.03. The standard InChI is InChI=1S/C23H30N2O6S2/c1-5-7-13-30-19-11-9-17(3)15-21(19)32(26,27)23(25-24)33(28,29)22-16-18(4)10-12-20(22)31-14-8-6-2/h9-12,15-16H,5-8,13-14H2,1-4H3. The van der Waals surface area contributed by atoms with Gasteiger partial charge in [0.2, 0.25) is 0 Å². The molecule has 0 saturated heterocycles. The van der Waals surface area contributed by atoms with Gasteiger partial charge in [-0.15, -0.1) is 4.79 Å². The predicted octanol–water partition coefficient (Wildman–Crippen LogP) is 4.49. The molecule has 0 aliphatic heterocycles. The molecule has 8 nitrogen and oxygen atoms in total. The fraction of sp³-hybridized carbons (Fsp3) is 0.435. The number of unbranched alkanes of at least 4 members (excludes halogenated alkanes) is 2. The van der Waals surface area contributed by atoms with Crippen molar-refractivity contribution in [3.05, 3.63) is 53.1 Å². The monoisotopic (exact) mass is 494 g/mol. The zero-order valence-corrected chi connectivity index (χ0v) is 21.0. The maximum absolute atomic E-state index is 13.5. The van der Waals surface area contributed by atoms with Crippen molar-refractivity contribution >= 4 is 24.1 Å². The summed E-state index contributed by atoms with van der Waals surface area (Å²) in [5, 5.41) is 0. The zero-order chi connectivity index (χ0) is 24.6. The van der Waals surface area contributed by atoms with Crippen molar-refractivity contribution in [3.8, 4) is 11.5 Å². The maximum Gasteiger partial charge on any atom is 0.504 e. The molecular formula is C23H30N2O6S2.